The highest BCUT2D eigenvalue weighted by atomic mass is 32.2. The van der Waals surface area contributed by atoms with Gasteiger partial charge in [0.05, 0.1) is 6.20 Å². The van der Waals surface area contributed by atoms with Crippen molar-refractivity contribution in [2.75, 3.05) is 44.7 Å². The maximum Gasteiger partial charge on any atom is 0.259 e. The first-order valence-corrected chi connectivity index (χ1v) is 8.46. The Kier molecular flexibility index (Phi) is 4.68. The summed E-state index contributed by atoms with van der Waals surface area (Å²) in [4.78, 5) is 16.9. The lowest BCUT2D eigenvalue weighted by atomic mass is 10.2. The van der Waals surface area contributed by atoms with Gasteiger partial charge in [-0.05, 0) is 16.7 Å². The van der Waals surface area contributed by atoms with Gasteiger partial charge in [0, 0.05) is 38.5 Å². The summed E-state index contributed by atoms with van der Waals surface area (Å²) in [5, 5.41) is 17.7. The van der Waals surface area contributed by atoms with Crippen LogP contribution in [-0.4, -0.2) is 90.8 Å². The summed E-state index contributed by atoms with van der Waals surface area (Å²) in [5.41, 5.74) is 0.491. The fourth-order valence-corrected chi connectivity index (χ4v) is 2.88. The summed E-state index contributed by atoms with van der Waals surface area (Å²) in [5.74, 6) is 1.59. The molecule has 1 amide bonds. The van der Waals surface area contributed by atoms with Crippen LogP contribution in [0.4, 0.5) is 0 Å². The second-order valence-electron chi connectivity index (χ2n) is 5.01. The number of tetrazole rings is 1. The summed E-state index contributed by atoms with van der Waals surface area (Å²) >= 11 is 1.84. The molecule has 22 heavy (non-hydrogen) atoms. The molecule has 10 heteroatoms. The second-order valence-corrected chi connectivity index (χ2v) is 6.00. The summed E-state index contributed by atoms with van der Waals surface area (Å²) in [6.07, 6.45) is 5.07. The normalized spacial score (nSPS) is 16.1. The number of hydrogen-bond acceptors (Lipinski definition) is 7. The van der Waals surface area contributed by atoms with Crippen molar-refractivity contribution in [3.63, 3.8) is 0 Å². The first kappa shape index (κ1) is 15.0. The number of H-pyrrole nitrogens is 1. The van der Waals surface area contributed by atoms with Gasteiger partial charge >= 0.3 is 0 Å². The van der Waals surface area contributed by atoms with Crippen LogP contribution in [0.25, 0.3) is 5.82 Å². The van der Waals surface area contributed by atoms with E-state index in [1.165, 1.54) is 17.2 Å². The highest BCUT2D eigenvalue weighted by Crippen LogP contribution is 2.14. The van der Waals surface area contributed by atoms with Gasteiger partial charge in [-0.3, -0.25) is 14.8 Å². The van der Waals surface area contributed by atoms with E-state index in [9.17, 15) is 4.79 Å². The van der Waals surface area contributed by atoms with Crippen LogP contribution in [0.15, 0.2) is 12.5 Å². The molecule has 118 valence electrons. The van der Waals surface area contributed by atoms with Crippen LogP contribution >= 0.6 is 11.8 Å². The Bertz CT molecular complexity index is 604. The average molecular weight is 322 g/mol. The SMILES string of the molecule is CSCCN1CCN(C(=O)c2cn[nH]c2-n2cnnn2)CC1. The van der Waals surface area contributed by atoms with Crippen molar-refractivity contribution in [3.05, 3.63) is 18.1 Å². The van der Waals surface area contributed by atoms with E-state index >= 15 is 0 Å². The fourth-order valence-electron chi connectivity index (χ4n) is 2.44. The van der Waals surface area contributed by atoms with E-state index in [2.05, 4.69) is 36.9 Å². The highest BCUT2D eigenvalue weighted by Gasteiger charge is 2.25. The van der Waals surface area contributed by atoms with Gasteiger partial charge in [-0.1, -0.05) is 0 Å². The molecular formula is C12H18N8OS. The van der Waals surface area contributed by atoms with Gasteiger partial charge in [0.15, 0.2) is 5.82 Å². The summed E-state index contributed by atoms with van der Waals surface area (Å²) in [6, 6.07) is 0. The molecule has 0 bridgehead atoms. The van der Waals surface area contributed by atoms with Gasteiger partial charge in [-0.25, -0.2) is 0 Å². The number of aromatic nitrogens is 6. The van der Waals surface area contributed by atoms with E-state index in [0.717, 1.165) is 38.5 Å². The van der Waals surface area contributed by atoms with E-state index in [1.807, 2.05) is 16.7 Å². The van der Waals surface area contributed by atoms with Gasteiger partial charge in [-0.15, -0.1) is 5.10 Å². The molecule has 0 unspecified atom stereocenters. The smallest absolute Gasteiger partial charge is 0.259 e. The summed E-state index contributed by atoms with van der Waals surface area (Å²) in [7, 11) is 0. The molecule has 1 fully saturated rings. The molecule has 2 aromatic rings. The van der Waals surface area contributed by atoms with Gasteiger partial charge in [0.25, 0.3) is 5.91 Å². The van der Waals surface area contributed by atoms with E-state index in [1.54, 1.807) is 0 Å². The molecule has 2 aromatic heterocycles. The van der Waals surface area contributed by atoms with Crippen molar-refractivity contribution >= 4 is 17.7 Å². The van der Waals surface area contributed by atoms with E-state index in [0.29, 0.717) is 11.4 Å². The molecule has 1 saturated heterocycles. The third kappa shape index (κ3) is 3.12. The quantitative estimate of drug-likeness (QED) is 0.793. The van der Waals surface area contributed by atoms with Crippen LogP contribution in [0, 0.1) is 0 Å². The molecule has 3 heterocycles. The largest absolute Gasteiger partial charge is 0.336 e. The first-order valence-electron chi connectivity index (χ1n) is 7.07. The number of rotatable bonds is 5. The maximum atomic E-state index is 12.7. The zero-order chi connectivity index (χ0) is 15.4. The first-order chi connectivity index (χ1) is 10.8. The lowest BCUT2D eigenvalue weighted by Crippen LogP contribution is -2.49. The molecule has 0 radical (unpaired) electrons. The van der Waals surface area contributed by atoms with Crippen LogP contribution in [0.5, 0.6) is 0 Å². The number of amides is 1. The lowest BCUT2D eigenvalue weighted by molar-refractivity contribution is 0.0644. The number of thioether (sulfide) groups is 1. The third-order valence-corrected chi connectivity index (χ3v) is 4.29. The monoisotopic (exact) mass is 322 g/mol. The van der Waals surface area contributed by atoms with Crippen LogP contribution in [-0.2, 0) is 0 Å². The number of nitrogens with one attached hydrogen (secondary N) is 1. The number of carbonyl (C=O) groups excluding carboxylic acids is 1. The Labute approximate surface area is 132 Å². The molecular weight excluding hydrogens is 304 g/mol. The Balaban J connectivity index is 1.65. The van der Waals surface area contributed by atoms with Gasteiger partial charge in [0.2, 0.25) is 0 Å². The Morgan fingerprint density at radius 1 is 1.36 bits per heavy atom. The second kappa shape index (κ2) is 6.88. The van der Waals surface area contributed by atoms with Crippen molar-refractivity contribution < 1.29 is 4.79 Å². The predicted octanol–water partition coefficient (Wildman–Crippen LogP) is -0.494. The molecule has 1 aliphatic heterocycles. The Morgan fingerprint density at radius 3 is 2.86 bits per heavy atom. The van der Waals surface area contributed by atoms with Crippen molar-refractivity contribution in [1.29, 1.82) is 0 Å². The third-order valence-electron chi connectivity index (χ3n) is 3.70. The highest BCUT2D eigenvalue weighted by molar-refractivity contribution is 7.98. The Hall–Kier alpha value is -1.94. The van der Waals surface area contributed by atoms with Crippen molar-refractivity contribution in [1.82, 2.24) is 40.2 Å². The van der Waals surface area contributed by atoms with Crippen molar-refractivity contribution in [2.24, 2.45) is 0 Å². The predicted molar refractivity (Wildman–Crippen MR) is 82.0 cm³/mol. The molecule has 0 saturated carbocycles. The maximum absolute atomic E-state index is 12.7. The molecule has 0 aromatic carbocycles. The average Bonchev–Trinajstić information content (AvgIpc) is 3.23. The Morgan fingerprint density at radius 2 is 2.18 bits per heavy atom. The number of carbonyl (C=O) groups is 1. The van der Waals surface area contributed by atoms with E-state index < -0.39 is 0 Å². The number of hydrogen-bond donors (Lipinski definition) is 1. The molecule has 1 N–H and O–H groups in total. The summed E-state index contributed by atoms with van der Waals surface area (Å²) in [6.45, 7) is 4.35. The van der Waals surface area contributed by atoms with Crippen LogP contribution in [0.1, 0.15) is 10.4 Å². The van der Waals surface area contributed by atoms with Gasteiger partial charge in [0.1, 0.15) is 11.9 Å². The minimum atomic E-state index is -0.0382. The van der Waals surface area contributed by atoms with Crippen molar-refractivity contribution in [2.45, 2.75) is 0 Å². The number of aromatic amines is 1. The number of piperazine rings is 1. The molecule has 1 aliphatic rings. The molecule has 0 aliphatic carbocycles. The topological polar surface area (TPSA) is 95.8 Å². The lowest BCUT2D eigenvalue weighted by Gasteiger charge is -2.34. The molecule has 3 rings (SSSR count). The number of nitrogens with zero attached hydrogens (tertiary/aromatic N) is 7. The minimum absolute atomic E-state index is 0.0382. The van der Waals surface area contributed by atoms with Gasteiger partial charge < -0.3 is 4.90 Å². The van der Waals surface area contributed by atoms with Crippen molar-refractivity contribution in [3.8, 4) is 5.82 Å². The van der Waals surface area contributed by atoms with E-state index in [-0.39, 0.29) is 5.91 Å². The molecule has 0 atom stereocenters. The van der Waals surface area contributed by atoms with Gasteiger partial charge in [-0.2, -0.15) is 21.5 Å². The van der Waals surface area contributed by atoms with Crippen LogP contribution < -0.4 is 0 Å². The zero-order valence-electron chi connectivity index (χ0n) is 12.3. The molecule has 0 spiro atoms. The minimum Gasteiger partial charge on any atom is -0.336 e. The summed E-state index contributed by atoms with van der Waals surface area (Å²) < 4.78 is 1.41. The standard InChI is InChI=1S/C12H18N8OS/c1-22-7-6-18-2-4-19(5-3-18)12(21)10-8-13-15-11(10)20-9-14-16-17-20/h8-9H,2-7H2,1H3,(H,13,15). The zero-order valence-corrected chi connectivity index (χ0v) is 13.2. The van der Waals surface area contributed by atoms with E-state index in [4.69, 9.17) is 0 Å². The molecule has 9 nitrogen and oxygen atoms in total. The van der Waals surface area contributed by atoms with Crippen LogP contribution in [0.2, 0.25) is 0 Å². The fraction of sp³-hybridized carbons (Fsp3) is 0.583. The van der Waals surface area contributed by atoms with Crippen LogP contribution in [0.3, 0.4) is 0 Å².